The van der Waals surface area contributed by atoms with Crippen molar-refractivity contribution < 1.29 is 18.1 Å². The standard InChI is InChI=1S/C10H22O4Si/c1-5-12-15(13-6-2,14-7-3)9-8-10(4)11/h5-9H2,1-4H3. The van der Waals surface area contributed by atoms with E-state index in [9.17, 15) is 4.79 Å². The highest BCUT2D eigenvalue weighted by Gasteiger charge is 2.40. The molecule has 0 aliphatic heterocycles. The summed E-state index contributed by atoms with van der Waals surface area (Å²) in [4.78, 5) is 11.0. The zero-order valence-electron chi connectivity index (χ0n) is 10.2. The van der Waals surface area contributed by atoms with Gasteiger partial charge in [-0.2, -0.15) is 0 Å². The van der Waals surface area contributed by atoms with Crippen molar-refractivity contribution in [2.24, 2.45) is 0 Å². The maximum absolute atomic E-state index is 11.0. The molecule has 5 heteroatoms. The van der Waals surface area contributed by atoms with Gasteiger partial charge in [0.05, 0.1) is 0 Å². The van der Waals surface area contributed by atoms with Crippen LogP contribution in [-0.2, 0) is 18.1 Å². The molecule has 0 unspecified atom stereocenters. The molecule has 0 amide bonds. The van der Waals surface area contributed by atoms with Gasteiger partial charge >= 0.3 is 8.80 Å². The predicted octanol–water partition coefficient (Wildman–Crippen LogP) is 2.01. The van der Waals surface area contributed by atoms with Gasteiger partial charge in [0.25, 0.3) is 0 Å². The van der Waals surface area contributed by atoms with Crippen LogP contribution in [-0.4, -0.2) is 34.4 Å². The Morgan fingerprint density at radius 3 is 1.67 bits per heavy atom. The van der Waals surface area contributed by atoms with Crippen LogP contribution in [0.15, 0.2) is 0 Å². The maximum Gasteiger partial charge on any atom is 0.501 e. The summed E-state index contributed by atoms with van der Waals surface area (Å²) in [7, 11) is -2.58. The van der Waals surface area contributed by atoms with Gasteiger partial charge in [-0.15, -0.1) is 0 Å². The molecule has 0 aliphatic rings. The molecule has 0 aliphatic carbocycles. The lowest BCUT2D eigenvalue weighted by atomic mass is 10.4. The molecule has 0 bridgehead atoms. The van der Waals surface area contributed by atoms with Crippen LogP contribution in [0.3, 0.4) is 0 Å². The average Bonchev–Trinajstić information content (AvgIpc) is 2.16. The Morgan fingerprint density at radius 1 is 1.00 bits per heavy atom. The molecule has 0 aromatic heterocycles. The summed E-state index contributed by atoms with van der Waals surface area (Å²) < 4.78 is 16.8. The summed E-state index contributed by atoms with van der Waals surface area (Å²) in [6.07, 6.45) is 0.465. The van der Waals surface area contributed by atoms with Crippen LogP contribution < -0.4 is 0 Å². The molecule has 90 valence electrons. The van der Waals surface area contributed by atoms with E-state index in [4.69, 9.17) is 13.3 Å². The van der Waals surface area contributed by atoms with E-state index >= 15 is 0 Å². The van der Waals surface area contributed by atoms with Crippen LogP contribution >= 0.6 is 0 Å². The van der Waals surface area contributed by atoms with E-state index in [1.54, 1.807) is 6.92 Å². The summed E-state index contributed by atoms with van der Waals surface area (Å²) in [6.45, 7) is 8.98. The van der Waals surface area contributed by atoms with Crippen molar-refractivity contribution in [1.82, 2.24) is 0 Å². The Labute approximate surface area is 93.3 Å². The summed E-state index contributed by atoms with van der Waals surface area (Å²) in [5.74, 6) is 0.144. The minimum Gasteiger partial charge on any atom is -0.374 e. The minimum atomic E-state index is -2.58. The summed E-state index contributed by atoms with van der Waals surface area (Å²) >= 11 is 0. The van der Waals surface area contributed by atoms with Crippen LogP contribution in [0.1, 0.15) is 34.1 Å². The smallest absolute Gasteiger partial charge is 0.374 e. The monoisotopic (exact) mass is 234 g/mol. The normalized spacial score (nSPS) is 11.7. The quantitative estimate of drug-likeness (QED) is 0.573. The Kier molecular flexibility index (Phi) is 7.86. The van der Waals surface area contributed by atoms with Gasteiger partial charge in [0.15, 0.2) is 0 Å². The van der Waals surface area contributed by atoms with Gasteiger partial charge in [-0.25, -0.2) is 0 Å². The van der Waals surface area contributed by atoms with E-state index in [2.05, 4.69) is 0 Å². The molecule has 0 N–H and O–H groups in total. The Bertz CT molecular complexity index is 167. The molecule has 4 nitrogen and oxygen atoms in total. The van der Waals surface area contributed by atoms with Crippen molar-refractivity contribution in [1.29, 1.82) is 0 Å². The fourth-order valence-electron chi connectivity index (χ4n) is 1.33. The first-order valence-corrected chi connectivity index (χ1v) is 7.44. The third-order valence-electron chi connectivity index (χ3n) is 1.88. The average molecular weight is 234 g/mol. The van der Waals surface area contributed by atoms with Gasteiger partial charge in [-0.3, -0.25) is 0 Å². The van der Waals surface area contributed by atoms with E-state index in [0.717, 1.165) is 0 Å². The van der Waals surface area contributed by atoms with Gasteiger partial charge in [0, 0.05) is 32.3 Å². The number of carbonyl (C=O) groups excluding carboxylic acids is 1. The molecular formula is C10H22O4Si. The number of Topliss-reactive ketones (excluding diaryl/α,β-unsaturated/α-hetero) is 1. The second kappa shape index (κ2) is 7.98. The molecule has 0 radical (unpaired) electrons. The highest BCUT2D eigenvalue weighted by molar-refractivity contribution is 6.61. The van der Waals surface area contributed by atoms with Crippen LogP contribution in [0.5, 0.6) is 0 Å². The third-order valence-corrected chi connectivity index (χ3v) is 4.92. The summed E-state index contributed by atoms with van der Waals surface area (Å²) in [6, 6.07) is 0.581. The molecule has 0 aromatic carbocycles. The maximum atomic E-state index is 11.0. The van der Waals surface area contributed by atoms with Crippen LogP contribution in [0.2, 0.25) is 6.04 Å². The van der Waals surface area contributed by atoms with E-state index in [1.807, 2.05) is 20.8 Å². The molecule has 15 heavy (non-hydrogen) atoms. The highest BCUT2D eigenvalue weighted by atomic mass is 28.4. The Morgan fingerprint density at radius 2 is 1.40 bits per heavy atom. The molecule has 0 rings (SSSR count). The van der Waals surface area contributed by atoms with E-state index < -0.39 is 8.80 Å². The lowest BCUT2D eigenvalue weighted by Gasteiger charge is -2.28. The van der Waals surface area contributed by atoms with Gasteiger partial charge in [-0.1, -0.05) is 0 Å². The van der Waals surface area contributed by atoms with Gasteiger partial charge in [0.1, 0.15) is 5.78 Å². The fraction of sp³-hybridized carbons (Fsp3) is 0.900. The number of carbonyl (C=O) groups is 1. The molecule has 0 aromatic rings. The van der Waals surface area contributed by atoms with Gasteiger partial charge in [-0.05, 0) is 27.7 Å². The Hall–Kier alpha value is -0.233. The number of hydrogen-bond acceptors (Lipinski definition) is 4. The van der Waals surface area contributed by atoms with Crippen molar-refractivity contribution in [3.05, 3.63) is 0 Å². The molecule has 0 spiro atoms. The lowest BCUT2D eigenvalue weighted by Crippen LogP contribution is -2.46. The molecule has 0 saturated heterocycles. The van der Waals surface area contributed by atoms with Crippen LogP contribution in [0, 0.1) is 0 Å². The minimum absolute atomic E-state index is 0.144. The van der Waals surface area contributed by atoms with Crippen molar-refractivity contribution in [3.63, 3.8) is 0 Å². The number of rotatable bonds is 9. The fourth-order valence-corrected chi connectivity index (χ4v) is 3.99. The van der Waals surface area contributed by atoms with Gasteiger partial charge < -0.3 is 18.1 Å². The molecular weight excluding hydrogens is 212 g/mol. The molecule has 0 atom stereocenters. The zero-order chi connectivity index (χ0) is 11.7. The lowest BCUT2D eigenvalue weighted by molar-refractivity contribution is -0.116. The second-order valence-corrected chi connectivity index (χ2v) is 5.92. The van der Waals surface area contributed by atoms with Crippen molar-refractivity contribution >= 4 is 14.6 Å². The second-order valence-electron chi connectivity index (χ2n) is 3.18. The van der Waals surface area contributed by atoms with Crippen LogP contribution in [0.25, 0.3) is 0 Å². The topological polar surface area (TPSA) is 44.8 Å². The number of hydrogen-bond donors (Lipinski definition) is 0. The van der Waals surface area contributed by atoms with Crippen molar-refractivity contribution in [3.8, 4) is 0 Å². The predicted molar refractivity (Wildman–Crippen MR) is 60.7 cm³/mol. The van der Waals surface area contributed by atoms with E-state index in [0.29, 0.717) is 32.3 Å². The third kappa shape index (κ3) is 6.04. The van der Waals surface area contributed by atoms with Crippen LogP contribution in [0.4, 0.5) is 0 Å². The van der Waals surface area contributed by atoms with E-state index in [-0.39, 0.29) is 5.78 Å². The molecule has 0 saturated carbocycles. The first-order chi connectivity index (χ1) is 7.10. The van der Waals surface area contributed by atoms with Gasteiger partial charge in [0.2, 0.25) is 0 Å². The summed E-state index contributed by atoms with van der Waals surface area (Å²) in [5.41, 5.74) is 0. The zero-order valence-corrected chi connectivity index (χ0v) is 11.2. The van der Waals surface area contributed by atoms with E-state index in [1.165, 1.54) is 0 Å². The Balaban J connectivity index is 4.37. The summed E-state index contributed by atoms with van der Waals surface area (Å²) in [5, 5.41) is 0. The highest BCUT2D eigenvalue weighted by Crippen LogP contribution is 2.18. The first kappa shape index (κ1) is 14.8. The first-order valence-electron chi connectivity index (χ1n) is 5.51. The van der Waals surface area contributed by atoms with Crippen molar-refractivity contribution in [2.45, 2.75) is 40.2 Å². The van der Waals surface area contributed by atoms with Crippen molar-refractivity contribution in [2.75, 3.05) is 19.8 Å². The largest absolute Gasteiger partial charge is 0.501 e. The molecule has 0 heterocycles. The SMILES string of the molecule is CCO[Si](CCC(C)=O)(OCC)OCC. The molecule has 0 fully saturated rings. The number of ketones is 1.